The number of alkyl halides is 1. The smallest absolute Gasteiger partial charge is 0.212 e. The lowest BCUT2D eigenvalue weighted by Gasteiger charge is -2.27. The number of hydrogen-bond donors (Lipinski definition) is 0. The molecule has 5 nitrogen and oxygen atoms in total. The number of hydrogen-bond acceptors (Lipinski definition) is 6. The van der Waals surface area contributed by atoms with Crippen molar-refractivity contribution in [2.24, 2.45) is 0 Å². The van der Waals surface area contributed by atoms with Gasteiger partial charge in [0.1, 0.15) is 11.2 Å². The van der Waals surface area contributed by atoms with E-state index < -0.39 is 6.17 Å². The Kier molecular flexibility index (Phi) is 5.76. The maximum atomic E-state index is 13.9. The van der Waals surface area contributed by atoms with E-state index >= 15 is 0 Å². The van der Waals surface area contributed by atoms with Crippen LogP contribution in [0.5, 0.6) is 5.88 Å². The molecular weight excluding hydrogens is 327 g/mol. The second-order valence-corrected chi connectivity index (χ2v) is 7.23. The molecule has 1 saturated heterocycles. The van der Waals surface area contributed by atoms with Gasteiger partial charge in [0, 0.05) is 49.5 Å². The molecule has 3 heterocycles. The molecule has 0 spiro atoms. The Hall–Kier alpha value is -1.57. The number of methoxy groups -OCH3 is 1. The summed E-state index contributed by atoms with van der Waals surface area (Å²) in [7, 11) is 3.68. The van der Waals surface area contributed by atoms with Crippen LogP contribution in [0.25, 0.3) is 0 Å². The lowest BCUT2D eigenvalue weighted by atomic mass is 10.2. The summed E-state index contributed by atoms with van der Waals surface area (Å²) in [5.41, 5.74) is 1.12. The molecule has 0 aromatic carbocycles. The largest absolute Gasteiger partial charge is 0.481 e. The van der Waals surface area contributed by atoms with Crippen LogP contribution in [0.15, 0.2) is 29.9 Å². The molecule has 0 saturated carbocycles. The fourth-order valence-electron chi connectivity index (χ4n) is 3.17. The molecule has 0 bridgehead atoms. The molecule has 3 rings (SSSR count). The first-order valence-electron chi connectivity index (χ1n) is 8.08. The van der Waals surface area contributed by atoms with E-state index in [4.69, 9.17) is 4.74 Å². The molecule has 0 N–H and O–H groups in total. The Balaban J connectivity index is 1.56. The summed E-state index contributed by atoms with van der Waals surface area (Å²) in [6.45, 7) is 2.86. The van der Waals surface area contributed by atoms with Crippen LogP contribution >= 0.6 is 11.3 Å². The minimum Gasteiger partial charge on any atom is -0.481 e. The minimum absolute atomic E-state index is 0.222. The lowest BCUT2D eigenvalue weighted by molar-refractivity contribution is 0.180. The van der Waals surface area contributed by atoms with Crippen molar-refractivity contribution in [3.8, 4) is 5.88 Å². The molecule has 130 valence electrons. The van der Waals surface area contributed by atoms with Gasteiger partial charge in [-0.25, -0.2) is 14.4 Å². The van der Waals surface area contributed by atoms with Crippen molar-refractivity contribution in [1.29, 1.82) is 0 Å². The zero-order valence-electron chi connectivity index (χ0n) is 14.1. The van der Waals surface area contributed by atoms with E-state index in [1.165, 1.54) is 0 Å². The highest BCUT2D eigenvalue weighted by atomic mass is 32.1. The van der Waals surface area contributed by atoms with Gasteiger partial charge < -0.3 is 9.64 Å². The van der Waals surface area contributed by atoms with Crippen molar-refractivity contribution in [3.63, 3.8) is 0 Å². The van der Waals surface area contributed by atoms with Crippen molar-refractivity contribution < 1.29 is 9.13 Å². The van der Waals surface area contributed by atoms with Crippen molar-refractivity contribution in [2.75, 3.05) is 27.2 Å². The van der Waals surface area contributed by atoms with Gasteiger partial charge in [-0.1, -0.05) is 6.07 Å². The summed E-state index contributed by atoms with van der Waals surface area (Å²) >= 11 is 1.63. The number of nitrogens with zero attached hydrogens (tertiary/aromatic N) is 4. The fraction of sp³-hybridized carbons (Fsp3) is 0.529. The summed E-state index contributed by atoms with van der Waals surface area (Å²) in [4.78, 5) is 13.0. The van der Waals surface area contributed by atoms with E-state index in [0.717, 1.165) is 30.2 Å². The molecule has 1 aliphatic heterocycles. The van der Waals surface area contributed by atoms with Gasteiger partial charge in [0.15, 0.2) is 0 Å². The van der Waals surface area contributed by atoms with Gasteiger partial charge in [-0.3, -0.25) is 4.90 Å². The summed E-state index contributed by atoms with van der Waals surface area (Å²) in [6, 6.07) is 4.10. The standard InChI is InChI=1S/C17H23FN4OS/c1-21(9-13-3-4-16(23-2)20-8-13)11-15-7-14(18)10-22(15)12-17-19-5-6-24-17/h3-6,8,14-15H,7,9-12H2,1-2H3/t14-,15-/m0/s1. The number of likely N-dealkylation sites (N-methyl/N-ethyl adjacent to an activating group) is 1. The molecule has 0 aliphatic carbocycles. The number of pyridine rings is 1. The molecule has 2 aromatic rings. The highest BCUT2D eigenvalue weighted by Crippen LogP contribution is 2.24. The monoisotopic (exact) mass is 350 g/mol. The van der Waals surface area contributed by atoms with Crippen molar-refractivity contribution >= 4 is 11.3 Å². The maximum absolute atomic E-state index is 13.9. The predicted octanol–water partition coefficient (Wildman–Crippen LogP) is 2.59. The Bertz CT molecular complexity index is 622. The normalized spacial score (nSPS) is 21.5. The van der Waals surface area contributed by atoms with Crippen molar-refractivity contribution in [1.82, 2.24) is 19.8 Å². The van der Waals surface area contributed by atoms with Crippen LogP contribution in [0.4, 0.5) is 4.39 Å². The Morgan fingerprint density at radius 1 is 1.42 bits per heavy atom. The van der Waals surface area contributed by atoms with Gasteiger partial charge in [-0.15, -0.1) is 11.3 Å². The van der Waals surface area contributed by atoms with E-state index in [2.05, 4.69) is 26.8 Å². The van der Waals surface area contributed by atoms with Gasteiger partial charge in [-0.05, 0) is 19.0 Å². The summed E-state index contributed by atoms with van der Waals surface area (Å²) in [5, 5.41) is 3.02. The highest BCUT2D eigenvalue weighted by molar-refractivity contribution is 7.09. The van der Waals surface area contributed by atoms with Crippen LogP contribution in [0.2, 0.25) is 0 Å². The van der Waals surface area contributed by atoms with Crippen LogP contribution < -0.4 is 4.74 Å². The molecule has 0 amide bonds. The first-order chi connectivity index (χ1) is 11.6. The van der Waals surface area contributed by atoms with Crippen LogP contribution in [0, 0.1) is 0 Å². The Morgan fingerprint density at radius 2 is 2.29 bits per heavy atom. The molecular formula is C17H23FN4OS. The molecule has 0 unspecified atom stereocenters. The van der Waals surface area contributed by atoms with Crippen molar-refractivity contribution in [2.45, 2.75) is 31.7 Å². The SMILES string of the molecule is COc1ccc(CN(C)C[C@@H]2C[C@H](F)CN2Cc2nccs2)cn1. The first kappa shape index (κ1) is 17.3. The second-order valence-electron chi connectivity index (χ2n) is 6.25. The van der Waals surface area contributed by atoms with Gasteiger partial charge in [0.05, 0.1) is 13.7 Å². The van der Waals surface area contributed by atoms with Gasteiger partial charge in [-0.2, -0.15) is 0 Å². The van der Waals surface area contributed by atoms with Crippen LogP contribution in [0.1, 0.15) is 17.0 Å². The molecule has 0 radical (unpaired) electrons. The third-order valence-corrected chi connectivity index (χ3v) is 5.04. The highest BCUT2D eigenvalue weighted by Gasteiger charge is 2.33. The van der Waals surface area contributed by atoms with Gasteiger partial charge in [0.2, 0.25) is 5.88 Å². The van der Waals surface area contributed by atoms with Crippen LogP contribution in [0.3, 0.4) is 0 Å². The maximum Gasteiger partial charge on any atom is 0.212 e. The number of rotatable bonds is 7. The van der Waals surface area contributed by atoms with E-state index in [1.807, 2.05) is 23.7 Å². The number of halogens is 1. The molecule has 24 heavy (non-hydrogen) atoms. The number of likely N-dealkylation sites (tertiary alicyclic amines) is 1. The summed E-state index contributed by atoms with van der Waals surface area (Å²) in [5.74, 6) is 0.618. The minimum atomic E-state index is -0.744. The van der Waals surface area contributed by atoms with E-state index in [-0.39, 0.29) is 6.04 Å². The third kappa shape index (κ3) is 4.49. The fourth-order valence-corrected chi connectivity index (χ4v) is 3.81. The van der Waals surface area contributed by atoms with E-state index in [1.54, 1.807) is 24.6 Å². The van der Waals surface area contributed by atoms with Crippen LogP contribution in [-0.4, -0.2) is 59.2 Å². The lowest BCUT2D eigenvalue weighted by Crippen LogP contribution is -2.38. The number of aromatic nitrogens is 2. The second kappa shape index (κ2) is 8.00. The molecule has 2 aromatic heterocycles. The first-order valence-corrected chi connectivity index (χ1v) is 8.96. The quantitative estimate of drug-likeness (QED) is 0.768. The Morgan fingerprint density at radius 3 is 2.96 bits per heavy atom. The summed E-state index contributed by atoms with van der Waals surface area (Å²) in [6.07, 6.45) is 3.48. The zero-order valence-corrected chi connectivity index (χ0v) is 14.9. The van der Waals surface area contributed by atoms with E-state index in [9.17, 15) is 4.39 Å². The number of ether oxygens (including phenoxy) is 1. The molecule has 2 atom stereocenters. The average molecular weight is 350 g/mol. The Labute approximate surface area is 146 Å². The van der Waals surface area contributed by atoms with Gasteiger partial charge >= 0.3 is 0 Å². The predicted molar refractivity (Wildman–Crippen MR) is 92.9 cm³/mol. The molecule has 7 heteroatoms. The molecule has 1 aliphatic rings. The van der Waals surface area contributed by atoms with Crippen molar-refractivity contribution in [3.05, 3.63) is 40.5 Å². The molecule has 1 fully saturated rings. The number of thiazole rings is 1. The summed E-state index contributed by atoms with van der Waals surface area (Å²) < 4.78 is 19.0. The zero-order chi connectivity index (χ0) is 16.9. The third-order valence-electron chi connectivity index (χ3n) is 4.28. The average Bonchev–Trinajstić information content (AvgIpc) is 3.18. The van der Waals surface area contributed by atoms with E-state index in [0.29, 0.717) is 18.8 Å². The van der Waals surface area contributed by atoms with Crippen LogP contribution in [-0.2, 0) is 13.1 Å². The topological polar surface area (TPSA) is 41.5 Å². The van der Waals surface area contributed by atoms with Gasteiger partial charge in [0.25, 0.3) is 0 Å².